The van der Waals surface area contributed by atoms with Crippen molar-refractivity contribution < 1.29 is 19.4 Å². The van der Waals surface area contributed by atoms with Crippen LogP contribution in [-0.4, -0.2) is 55.1 Å². The maximum atomic E-state index is 12.7. The Bertz CT molecular complexity index is 580. The molecule has 1 rings (SSSR count). The molecule has 1 unspecified atom stereocenters. The molecule has 0 saturated heterocycles. The van der Waals surface area contributed by atoms with Gasteiger partial charge in [-0.1, -0.05) is 50.5 Å². The average Bonchev–Trinajstić information content (AvgIpc) is 2.97. The van der Waals surface area contributed by atoms with Gasteiger partial charge in [0.25, 0.3) is 0 Å². The molecule has 1 N–H and O–H groups in total. The lowest BCUT2D eigenvalue weighted by Crippen LogP contribution is -2.35. The second-order valence-electron chi connectivity index (χ2n) is 9.17. The summed E-state index contributed by atoms with van der Waals surface area (Å²) in [5, 5.41) is 10.1. The molecule has 0 aliphatic heterocycles. The molecule has 0 spiro atoms. The minimum Gasteiger partial charge on any atom is -0.467 e. The fourth-order valence-electron chi connectivity index (χ4n) is 4.31. The van der Waals surface area contributed by atoms with Gasteiger partial charge in [-0.05, 0) is 65.0 Å². The molecule has 172 valence electrons. The molecule has 5 nitrogen and oxygen atoms in total. The topological polar surface area (TPSA) is 66.8 Å². The van der Waals surface area contributed by atoms with Crippen molar-refractivity contribution in [1.82, 2.24) is 4.90 Å². The Balaban J connectivity index is 2.65. The number of Topliss-reactive ketones (excluding diaryl/α,β-unsaturated/α-hetero) is 1. The summed E-state index contributed by atoms with van der Waals surface area (Å²) in [6, 6.07) is 0. The smallest absolute Gasteiger partial charge is 0.337 e. The van der Waals surface area contributed by atoms with Crippen LogP contribution in [0.4, 0.5) is 0 Å². The van der Waals surface area contributed by atoms with Crippen LogP contribution in [0.25, 0.3) is 0 Å². The molecule has 1 fully saturated rings. The molecule has 1 aliphatic rings. The SMILES string of the molecule is CCCCCC/C=C/[C@H]1[C@H](CN(C)C)CC(=O)[C@@H]1C/C=C\CCC(C)(O)C(=O)OC. The number of hydrogen-bond acceptors (Lipinski definition) is 5. The Labute approximate surface area is 183 Å². The number of nitrogens with zero attached hydrogens (tertiary/aromatic N) is 1. The number of ketones is 1. The number of methoxy groups -OCH3 is 1. The van der Waals surface area contributed by atoms with Crippen LogP contribution in [0.15, 0.2) is 24.3 Å². The summed E-state index contributed by atoms with van der Waals surface area (Å²) in [4.78, 5) is 26.4. The van der Waals surface area contributed by atoms with Crippen LogP contribution in [0, 0.1) is 17.8 Å². The van der Waals surface area contributed by atoms with Crippen molar-refractivity contribution >= 4 is 11.8 Å². The van der Waals surface area contributed by atoms with Gasteiger partial charge in [0, 0.05) is 18.9 Å². The van der Waals surface area contributed by atoms with Gasteiger partial charge in [0.15, 0.2) is 5.60 Å². The number of aliphatic hydroxyl groups is 1. The zero-order valence-electron chi connectivity index (χ0n) is 19.7. The van der Waals surface area contributed by atoms with Crippen molar-refractivity contribution in [3.8, 4) is 0 Å². The van der Waals surface area contributed by atoms with Crippen molar-refractivity contribution in [1.29, 1.82) is 0 Å². The number of unbranched alkanes of at least 4 members (excludes halogenated alkanes) is 4. The van der Waals surface area contributed by atoms with Crippen LogP contribution in [0.1, 0.15) is 71.6 Å². The number of hydrogen-bond donors (Lipinski definition) is 1. The Morgan fingerprint density at radius 2 is 1.93 bits per heavy atom. The van der Waals surface area contributed by atoms with E-state index in [1.54, 1.807) is 0 Å². The predicted octanol–water partition coefficient (Wildman–Crippen LogP) is 4.55. The Kier molecular flexibility index (Phi) is 12.2. The first-order valence-corrected chi connectivity index (χ1v) is 11.5. The highest BCUT2D eigenvalue weighted by atomic mass is 16.5. The second kappa shape index (κ2) is 13.8. The summed E-state index contributed by atoms with van der Waals surface area (Å²) in [7, 11) is 5.41. The Morgan fingerprint density at radius 1 is 1.20 bits per heavy atom. The van der Waals surface area contributed by atoms with Gasteiger partial charge < -0.3 is 14.7 Å². The Morgan fingerprint density at radius 3 is 2.57 bits per heavy atom. The van der Waals surface area contributed by atoms with E-state index in [0.717, 1.165) is 13.0 Å². The number of carbonyl (C=O) groups excluding carboxylic acids is 2. The highest BCUT2D eigenvalue weighted by Crippen LogP contribution is 2.38. The van der Waals surface area contributed by atoms with Gasteiger partial charge in [-0.25, -0.2) is 4.79 Å². The van der Waals surface area contributed by atoms with E-state index in [1.807, 2.05) is 12.2 Å². The summed E-state index contributed by atoms with van der Waals surface area (Å²) in [5.74, 6) is 0.428. The third-order valence-electron chi connectivity index (χ3n) is 6.05. The van der Waals surface area contributed by atoms with Gasteiger partial charge >= 0.3 is 5.97 Å². The van der Waals surface area contributed by atoms with Crippen LogP contribution in [-0.2, 0) is 14.3 Å². The fourth-order valence-corrected chi connectivity index (χ4v) is 4.31. The van der Waals surface area contributed by atoms with E-state index in [0.29, 0.717) is 37.4 Å². The van der Waals surface area contributed by atoms with Crippen molar-refractivity contribution in [3.63, 3.8) is 0 Å². The molecule has 5 heteroatoms. The zero-order valence-corrected chi connectivity index (χ0v) is 19.7. The quantitative estimate of drug-likeness (QED) is 0.253. The highest BCUT2D eigenvalue weighted by Gasteiger charge is 2.40. The lowest BCUT2D eigenvalue weighted by molar-refractivity contribution is -0.160. The maximum Gasteiger partial charge on any atom is 0.337 e. The summed E-state index contributed by atoms with van der Waals surface area (Å²) >= 11 is 0. The first-order valence-electron chi connectivity index (χ1n) is 11.5. The summed E-state index contributed by atoms with van der Waals surface area (Å²) in [6.07, 6.45) is 16.9. The van der Waals surface area contributed by atoms with Crippen molar-refractivity contribution in [2.75, 3.05) is 27.7 Å². The van der Waals surface area contributed by atoms with Gasteiger partial charge in [-0.3, -0.25) is 4.79 Å². The van der Waals surface area contributed by atoms with Gasteiger partial charge in [-0.2, -0.15) is 0 Å². The molecule has 0 aromatic heterocycles. The first kappa shape index (κ1) is 26.6. The van der Waals surface area contributed by atoms with Gasteiger partial charge in [-0.15, -0.1) is 0 Å². The van der Waals surface area contributed by atoms with E-state index in [4.69, 9.17) is 0 Å². The van der Waals surface area contributed by atoms with Crippen LogP contribution in [0.3, 0.4) is 0 Å². The van der Waals surface area contributed by atoms with E-state index < -0.39 is 11.6 Å². The number of carbonyl (C=O) groups is 2. The van der Waals surface area contributed by atoms with Gasteiger partial charge in [0.1, 0.15) is 5.78 Å². The minimum atomic E-state index is -1.47. The second-order valence-corrected chi connectivity index (χ2v) is 9.17. The lowest BCUT2D eigenvalue weighted by Gasteiger charge is -2.23. The van der Waals surface area contributed by atoms with Gasteiger partial charge in [0.2, 0.25) is 0 Å². The molecule has 0 aromatic carbocycles. The van der Waals surface area contributed by atoms with E-state index in [2.05, 4.69) is 42.8 Å². The molecule has 1 saturated carbocycles. The van der Waals surface area contributed by atoms with Crippen LogP contribution in [0.5, 0.6) is 0 Å². The van der Waals surface area contributed by atoms with Crippen LogP contribution < -0.4 is 0 Å². The highest BCUT2D eigenvalue weighted by molar-refractivity contribution is 5.84. The third kappa shape index (κ3) is 9.13. The van der Waals surface area contributed by atoms with Crippen molar-refractivity contribution in [2.45, 2.75) is 77.2 Å². The van der Waals surface area contributed by atoms with Gasteiger partial charge in [0.05, 0.1) is 7.11 Å². The molecule has 0 radical (unpaired) electrons. The monoisotopic (exact) mass is 421 g/mol. The van der Waals surface area contributed by atoms with Crippen LogP contribution >= 0.6 is 0 Å². The average molecular weight is 422 g/mol. The summed E-state index contributed by atoms with van der Waals surface area (Å²) < 4.78 is 4.62. The molecular weight excluding hydrogens is 378 g/mol. The maximum absolute atomic E-state index is 12.7. The molecule has 0 aromatic rings. The van der Waals surface area contributed by atoms with E-state index in [-0.39, 0.29) is 11.8 Å². The van der Waals surface area contributed by atoms with E-state index in [1.165, 1.54) is 39.7 Å². The van der Waals surface area contributed by atoms with Crippen molar-refractivity contribution in [3.05, 3.63) is 24.3 Å². The van der Waals surface area contributed by atoms with Crippen LogP contribution in [0.2, 0.25) is 0 Å². The Hall–Kier alpha value is -1.46. The number of ether oxygens (including phenoxy) is 1. The predicted molar refractivity (Wildman–Crippen MR) is 122 cm³/mol. The molecule has 30 heavy (non-hydrogen) atoms. The molecule has 0 bridgehead atoms. The fraction of sp³-hybridized carbons (Fsp3) is 0.760. The summed E-state index contributed by atoms with van der Waals surface area (Å²) in [6.45, 7) is 4.62. The molecule has 0 amide bonds. The number of rotatable bonds is 14. The van der Waals surface area contributed by atoms with E-state index in [9.17, 15) is 14.7 Å². The summed E-state index contributed by atoms with van der Waals surface area (Å²) in [5.41, 5.74) is -1.47. The molecule has 1 aliphatic carbocycles. The molecular formula is C25H43NO4. The minimum absolute atomic E-state index is 0.0270. The zero-order chi connectivity index (χ0) is 22.6. The largest absolute Gasteiger partial charge is 0.467 e. The van der Waals surface area contributed by atoms with E-state index >= 15 is 0 Å². The number of allylic oxidation sites excluding steroid dienone is 4. The normalized spacial score (nSPS) is 24.2. The first-order chi connectivity index (χ1) is 14.2. The van der Waals surface area contributed by atoms with Crippen molar-refractivity contribution in [2.24, 2.45) is 17.8 Å². The molecule has 0 heterocycles. The standard InChI is InChI=1S/C25H43NO4/c1-6-7-8-9-10-12-15-21-20(19-26(3)4)18-23(27)22(21)16-13-11-14-17-25(2,29)24(28)30-5/h11-13,15,20-22,29H,6-10,14,16-19H2,1-5H3/b13-11-,15-12+/t20-,21-,22+,25?/m0/s1. The number of esters is 1. The lowest BCUT2D eigenvalue weighted by atomic mass is 9.86. The third-order valence-corrected chi connectivity index (χ3v) is 6.05. The molecule has 4 atom stereocenters.